The molecule has 2 fully saturated rings. The van der Waals surface area contributed by atoms with Crippen LogP contribution in [0.3, 0.4) is 0 Å². The van der Waals surface area contributed by atoms with Crippen molar-refractivity contribution in [1.29, 1.82) is 0 Å². The van der Waals surface area contributed by atoms with Gasteiger partial charge in [-0.2, -0.15) is 0 Å². The zero-order chi connectivity index (χ0) is 13.2. The molecule has 0 amide bonds. The van der Waals surface area contributed by atoms with Crippen molar-refractivity contribution in [3.8, 4) is 0 Å². The molecular formula is C15H20N2O2. The maximum Gasteiger partial charge on any atom is 0.309 e. The number of rotatable bonds is 5. The third-order valence-corrected chi connectivity index (χ3v) is 3.99. The molecule has 2 unspecified atom stereocenters. The Morgan fingerprint density at radius 3 is 2.63 bits per heavy atom. The van der Waals surface area contributed by atoms with Crippen molar-refractivity contribution in [2.45, 2.75) is 31.5 Å². The lowest BCUT2D eigenvalue weighted by atomic mass is 10.0. The van der Waals surface area contributed by atoms with Gasteiger partial charge < -0.3 is 10.4 Å². The molecule has 1 aromatic carbocycles. The second-order valence-electron chi connectivity index (χ2n) is 5.67. The molecule has 1 saturated heterocycles. The molecule has 1 saturated carbocycles. The zero-order valence-electron chi connectivity index (χ0n) is 11.0. The zero-order valence-corrected chi connectivity index (χ0v) is 11.0. The number of hydrogen-bond donors (Lipinski definition) is 2. The lowest BCUT2D eigenvalue weighted by molar-refractivity contribution is -0.141. The van der Waals surface area contributed by atoms with Gasteiger partial charge in [0.1, 0.15) is 0 Å². The van der Waals surface area contributed by atoms with Gasteiger partial charge in [0.05, 0.1) is 5.92 Å². The molecule has 19 heavy (non-hydrogen) atoms. The first-order chi connectivity index (χ1) is 9.22. The number of carbonyl (C=O) groups is 1. The fourth-order valence-corrected chi connectivity index (χ4v) is 2.83. The molecule has 4 heteroatoms. The van der Waals surface area contributed by atoms with Crippen LogP contribution in [0.25, 0.3) is 0 Å². The van der Waals surface area contributed by atoms with E-state index in [0.29, 0.717) is 12.6 Å². The van der Waals surface area contributed by atoms with Crippen molar-refractivity contribution in [3.63, 3.8) is 0 Å². The van der Waals surface area contributed by atoms with Crippen LogP contribution in [0, 0.1) is 5.92 Å². The lowest BCUT2D eigenvalue weighted by Crippen LogP contribution is -2.40. The number of carboxylic acid groups (broad SMARTS) is 1. The Morgan fingerprint density at radius 2 is 2.00 bits per heavy atom. The van der Waals surface area contributed by atoms with E-state index >= 15 is 0 Å². The predicted molar refractivity (Wildman–Crippen MR) is 72.8 cm³/mol. The Morgan fingerprint density at radius 1 is 1.26 bits per heavy atom. The van der Waals surface area contributed by atoms with Crippen LogP contribution in [0.5, 0.6) is 0 Å². The lowest BCUT2D eigenvalue weighted by Gasteiger charge is -2.16. The summed E-state index contributed by atoms with van der Waals surface area (Å²) in [4.78, 5) is 13.6. The van der Waals surface area contributed by atoms with Crippen LogP contribution in [0.15, 0.2) is 30.3 Å². The van der Waals surface area contributed by atoms with Gasteiger partial charge >= 0.3 is 5.97 Å². The summed E-state index contributed by atoms with van der Waals surface area (Å²) in [6, 6.07) is 10.9. The Bertz CT molecular complexity index is 445. The number of carboxylic acids is 1. The van der Waals surface area contributed by atoms with Crippen molar-refractivity contribution in [2.75, 3.05) is 13.1 Å². The van der Waals surface area contributed by atoms with Gasteiger partial charge in [-0.25, -0.2) is 0 Å². The van der Waals surface area contributed by atoms with Crippen LogP contribution >= 0.6 is 0 Å². The maximum atomic E-state index is 11.3. The molecule has 1 aliphatic heterocycles. The fourth-order valence-electron chi connectivity index (χ4n) is 2.83. The molecule has 0 spiro atoms. The number of nitrogens with zero attached hydrogens (tertiary/aromatic N) is 1. The SMILES string of the molecule is O=C(O)C1CN(Cc2ccccc2)CC1NC1CC1. The Balaban J connectivity index is 1.62. The molecule has 0 aromatic heterocycles. The first kappa shape index (κ1) is 12.6. The number of nitrogens with one attached hydrogen (secondary N) is 1. The minimum Gasteiger partial charge on any atom is -0.481 e. The summed E-state index contributed by atoms with van der Waals surface area (Å²) in [6.45, 7) is 2.32. The molecule has 102 valence electrons. The normalized spacial score (nSPS) is 27.6. The third-order valence-electron chi connectivity index (χ3n) is 3.99. The van der Waals surface area contributed by atoms with Gasteiger partial charge in [-0.1, -0.05) is 30.3 Å². The third kappa shape index (κ3) is 3.14. The summed E-state index contributed by atoms with van der Waals surface area (Å²) < 4.78 is 0. The van der Waals surface area contributed by atoms with Crippen LogP contribution in [0.4, 0.5) is 0 Å². The molecule has 4 nitrogen and oxygen atoms in total. The molecule has 2 atom stereocenters. The average molecular weight is 260 g/mol. The van der Waals surface area contributed by atoms with E-state index in [1.165, 1.54) is 18.4 Å². The highest BCUT2D eigenvalue weighted by Crippen LogP contribution is 2.25. The maximum absolute atomic E-state index is 11.3. The van der Waals surface area contributed by atoms with Gasteiger partial charge in [0.15, 0.2) is 0 Å². The molecule has 0 radical (unpaired) electrons. The fraction of sp³-hybridized carbons (Fsp3) is 0.533. The van der Waals surface area contributed by atoms with Crippen molar-refractivity contribution < 1.29 is 9.90 Å². The van der Waals surface area contributed by atoms with Gasteiger partial charge in [-0.3, -0.25) is 9.69 Å². The average Bonchev–Trinajstić information content (AvgIpc) is 3.11. The van der Waals surface area contributed by atoms with Crippen molar-refractivity contribution in [3.05, 3.63) is 35.9 Å². The minimum absolute atomic E-state index is 0.105. The van der Waals surface area contributed by atoms with Crippen LogP contribution in [0.1, 0.15) is 18.4 Å². The van der Waals surface area contributed by atoms with E-state index in [1.54, 1.807) is 0 Å². The molecule has 1 aromatic rings. The molecule has 1 heterocycles. The number of hydrogen-bond acceptors (Lipinski definition) is 3. The molecule has 0 bridgehead atoms. The summed E-state index contributed by atoms with van der Waals surface area (Å²) in [5.74, 6) is -0.946. The first-order valence-electron chi connectivity index (χ1n) is 6.97. The minimum atomic E-state index is -0.672. The summed E-state index contributed by atoms with van der Waals surface area (Å²) in [5.41, 5.74) is 1.25. The van der Waals surface area contributed by atoms with E-state index in [2.05, 4.69) is 22.3 Å². The highest BCUT2D eigenvalue weighted by molar-refractivity contribution is 5.71. The second kappa shape index (κ2) is 5.31. The molecule has 3 rings (SSSR count). The van der Waals surface area contributed by atoms with Crippen LogP contribution in [0.2, 0.25) is 0 Å². The summed E-state index contributed by atoms with van der Waals surface area (Å²) >= 11 is 0. The molecule has 1 aliphatic carbocycles. The highest BCUT2D eigenvalue weighted by atomic mass is 16.4. The molecule has 2 N–H and O–H groups in total. The number of benzene rings is 1. The van der Waals surface area contributed by atoms with Gasteiger partial charge in [-0.15, -0.1) is 0 Å². The van der Waals surface area contributed by atoms with Crippen molar-refractivity contribution in [1.82, 2.24) is 10.2 Å². The quantitative estimate of drug-likeness (QED) is 0.838. The topological polar surface area (TPSA) is 52.6 Å². The van der Waals surface area contributed by atoms with Gasteiger partial charge in [-0.05, 0) is 18.4 Å². The molecular weight excluding hydrogens is 240 g/mol. The largest absolute Gasteiger partial charge is 0.481 e. The van der Waals surface area contributed by atoms with Gasteiger partial charge in [0, 0.05) is 31.7 Å². The monoisotopic (exact) mass is 260 g/mol. The Hall–Kier alpha value is -1.39. The van der Waals surface area contributed by atoms with Crippen molar-refractivity contribution in [2.24, 2.45) is 5.92 Å². The first-order valence-corrected chi connectivity index (χ1v) is 6.97. The van der Waals surface area contributed by atoms with Crippen LogP contribution < -0.4 is 5.32 Å². The summed E-state index contributed by atoms with van der Waals surface area (Å²) in [5, 5.41) is 12.8. The van der Waals surface area contributed by atoms with E-state index in [-0.39, 0.29) is 12.0 Å². The summed E-state index contributed by atoms with van der Waals surface area (Å²) in [7, 11) is 0. The smallest absolute Gasteiger partial charge is 0.309 e. The van der Waals surface area contributed by atoms with Gasteiger partial charge in [0.2, 0.25) is 0 Å². The predicted octanol–water partition coefficient (Wildman–Crippen LogP) is 1.32. The van der Waals surface area contributed by atoms with E-state index in [4.69, 9.17) is 0 Å². The van der Waals surface area contributed by atoms with E-state index in [1.807, 2.05) is 18.2 Å². The number of aliphatic carboxylic acids is 1. The molecule has 2 aliphatic rings. The van der Waals surface area contributed by atoms with Gasteiger partial charge in [0.25, 0.3) is 0 Å². The van der Waals surface area contributed by atoms with E-state index < -0.39 is 5.97 Å². The number of likely N-dealkylation sites (tertiary alicyclic amines) is 1. The van der Waals surface area contributed by atoms with E-state index in [0.717, 1.165) is 13.1 Å². The Labute approximate surface area is 113 Å². The Kier molecular flexibility index (Phi) is 3.53. The van der Waals surface area contributed by atoms with E-state index in [9.17, 15) is 9.90 Å². The second-order valence-corrected chi connectivity index (χ2v) is 5.67. The van der Waals surface area contributed by atoms with Crippen LogP contribution in [-0.4, -0.2) is 41.1 Å². The van der Waals surface area contributed by atoms with Crippen LogP contribution in [-0.2, 0) is 11.3 Å². The standard InChI is InChI=1S/C15H20N2O2/c18-15(19)13-9-17(8-11-4-2-1-3-5-11)10-14(13)16-12-6-7-12/h1-5,12-14,16H,6-10H2,(H,18,19). The summed E-state index contributed by atoms with van der Waals surface area (Å²) in [6.07, 6.45) is 2.39. The highest BCUT2D eigenvalue weighted by Gasteiger charge is 2.39. The van der Waals surface area contributed by atoms with Crippen molar-refractivity contribution >= 4 is 5.97 Å².